The second kappa shape index (κ2) is 11.8. The molecule has 1 fully saturated rings. The highest BCUT2D eigenvalue weighted by atomic mass is 32.2. The second-order valence-corrected chi connectivity index (χ2v) is 7.32. The van der Waals surface area contributed by atoms with E-state index in [4.69, 9.17) is 5.11 Å². The Morgan fingerprint density at radius 3 is 2.48 bits per heavy atom. The Labute approximate surface area is 162 Å². The minimum absolute atomic E-state index is 0.261. The van der Waals surface area contributed by atoms with Crippen LogP contribution >= 0.6 is 11.8 Å². The largest absolute Gasteiger partial charge is 0.480 e. The maximum atomic E-state index is 12.2. The molecule has 0 aliphatic carbocycles. The first-order chi connectivity index (χ1) is 12.8. The number of rotatable bonds is 11. The van der Waals surface area contributed by atoms with Crippen molar-refractivity contribution >= 4 is 35.5 Å². The van der Waals surface area contributed by atoms with E-state index in [0.29, 0.717) is 18.7 Å². The highest BCUT2D eigenvalue weighted by Gasteiger charge is 2.30. The highest BCUT2D eigenvalue weighted by Crippen LogP contribution is 2.06. The van der Waals surface area contributed by atoms with Gasteiger partial charge < -0.3 is 31.5 Å². The van der Waals surface area contributed by atoms with Crippen molar-refractivity contribution in [2.75, 3.05) is 25.1 Å². The van der Waals surface area contributed by atoms with Crippen LogP contribution in [0.4, 0.5) is 0 Å². The van der Waals surface area contributed by atoms with Crippen molar-refractivity contribution in [1.29, 1.82) is 0 Å². The van der Waals surface area contributed by atoms with E-state index in [9.17, 15) is 24.3 Å². The summed E-state index contributed by atoms with van der Waals surface area (Å²) < 4.78 is 0. The molecule has 1 saturated heterocycles. The van der Waals surface area contributed by atoms with E-state index in [1.165, 1.54) is 18.7 Å². The molecular weight excluding hydrogens is 376 g/mol. The fourth-order valence-corrected chi connectivity index (χ4v) is 3.05. The zero-order valence-corrected chi connectivity index (χ0v) is 16.3. The van der Waals surface area contributed by atoms with Gasteiger partial charge in [0.2, 0.25) is 17.7 Å². The average molecular weight is 404 g/mol. The molecule has 6 N–H and O–H groups in total. The second-order valence-electron chi connectivity index (χ2n) is 6.33. The molecule has 1 heterocycles. The van der Waals surface area contributed by atoms with Crippen molar-refractivity contribution < 1.29 is 29.4 Å². The Morgan fingerprint density at radius 2 is 1.96 bits per heavy atom. The van der Waals surface area contributed by atoms with Crippen molar-refractivity contribution in [2.45, 2.75) is 50.4 Å². The van der Waals surface area contributed by atoms with E-state index in [1.807, 2.05) is 6.26 Å². The molecule has 4 unspecified atom stereocenters. The predicted molar refractivity (Wildman–Crippen MR) is 100 cm³/mol. The Kier molecular flexibility index (Phi) is 10.1. The molecule has 0 aromatic rings. The molecule has 1 aliphatic heterocycles. The van der Waals surface area contributed by atoms with E-state index in [0.717, 1.165) is 6.42 Å². The van der Waals surface area contributed by atoms with Gasteiger partial charge in [-0.2, -0.15) is 11.8 Å². The molecule has 11 heteroatoms. The van der Waals surface area contributed by atoms with Crippen molar-refractivity contribution in [1.82, 2.24) is 21.3 Å². The minimum atomic E-state index is -1.21. The van der Waals surface area contributed by atoms with Gasteiger partial charge in [0.25, 0.3) is 0 Å². The molecule has 0 bridgehead atoms. The summed E-state index contributed by atoms with van der Waals surface area (Å²) in [6.07, 6.45) is 2.43. The molecule has 154 valence electrons. The smallest absolute Gasteiger partial charge is 0.326 e. The molecule has 0 saturated carbocycles. The molecule has 0 aromatic carbocycles. The summed E-state index contributed by atoms with van der Waals surface area (Å²) in [6.45, 7) is 1.61. The number of aliphatic carboxylic acids is 1. The Balaban J connectivity index is 2.51. The van der Waals surface area contributed by atoms with Gasteiger partial charge in [0.1, 0.15) is 12.1 Å². The van der Waals surface area contributed by atoms with Crippen molar-refractivity contribution in [3.8, 4) is 0 Å². The number of carboxylic acids is 1. The summed E-state index contributed by atoms with van der Waals surface area (Å²) >= 11 is 1.46. The Hall–Kier alpha value is -1.85. The first-order valence-corrected chi connectivity index (χ1v) is 10.2. The molecule has 1 rings (SSSR count). The Bertz CT molecular complexity index is 539. The SMILES string of the molecule is CSCCC(NC(=O)CNC(=O)C(NC(=O)C1CCCN1)C(C)O)C(=O)O. The zero-order chi connectivity index (χ0) is 20.4. The maximum absolute atomic E-state index is 12.2. The molecule has 0 radical (unpaired) electrons. The van der Waals surface area contributed by atoms with E-state index in [2.05, 4.69) is 21.3 Å². The van der Waals surface area contributed by atoms with Crippen LogP contribution in [0.2, 0.25) is 0 Å². The van der Waals surface area contributed by atoms with Crippen LogP contribution in [0.15, 0.2) is 0 Å². The number of thioether (sulfide) groups is 1. The molecule has 4 atom stereocenters. The first kappa shape index (κ1) is 23.2. The van der Waals surface area contributed by atoms with Gasteiger partial charge >= 0.3 is 5.97 Å². The number of hydrogen-bond donors (Lipinski definition) is 6. The summed E-state index contributed by atoms with van der Waals surface area (Å²) in [5.74, 6) is -2.36. The summed E-state index contributed by atoms with van der Waals surface area (Å²) in [6, 6.07) is -2.66. The van der Waals surface area contributed by atoms with Gasteiger partial charge in [-0.3, -0.25) is 14.4 Å². The highest BCUT2D eigenvalue weighted by molar-refractivity contribution is 7.98. The van der Waals surface area contributed by atoms with Gasteiger partial charge in [-0.1, -0.05) is 0 Å². The third kappa shape index (κ3) is 8.14. The molecule has 0 spiro atoms. The van der Waals surface area contributed by atoms with Gasteiger partial charge in [-0.15, -0.1) is 0 Å². The molecule has 10 nitrogen and oxygen atoms in total. The minimum Gasteiger partial charge on any atom is -0.480 e. The van der Waals surface area contributed by atoms with Crippen molar-refractivity contribution in [3.63, 3.8) is 0 Å². The number of aliphatic hydroxyl groups excluding tert-OH is 1. The number of carboxylic acid groups (broad SMARTS) is 1. The van der Waals surface area contributed by atoms with Crippen LogP contribution in [-0.2, 0) is 19.2 Å². The van der Waals surface area contributed by atoms with Gasteiger partial charge in [0.15, 0.2) is 0 Å². The average Bonchev–Trinajstić information content (AvgIpc) is 3.15. The summed E-state index contributed by atoms with van der Waals surface area (Å²) in [5, 5.41) is 29.0. The number of aliphatic hydroxyl groups is 1. The number of hydrogen-bond acceptors (Lipinski definition) is 7. The summed E-state index contributed by atoms with van der Waals surface area (Å²) in [4.78, 5) is 47.4. The maximum Gasteiger partial charge on any atom is 0.326 e. The summed E-state index contributed by atoms with van der Waals surface area (Å²) in [5.41, 5.74) is 0. The lowest BCUT2D eigenvalue weighted by Gasteiger charge is -2.22. The fourth-order valence-electron chi connectivity index (χ4n) is 2.58. The molecule has 27 heavy (non-hydrogen) atoms. The fraction of sp³-hybridized carbons (Fsp3) is 0.750. The van der Waals surface area contributed by atoms with Crippen molar-refractivity contribution in [3.05, 3.63) is 0 Å². The van der Waals surface area contributed by atoms with Crippen LogP contribution in [-0.4, -0.2) is 83.2 Å². The standard InChI is InChI=1S/C16H28N4O6S/c1-9(21)13(20-14(23)10-4-3-6-17-10)15(24)18-8-12(22)19-11(16(25)26)5-7-27-2/h9-11,13,17,21H,3-8H2,1-2H3,(H,18,24)(H,19,22)(H,20,23)(H,25,26). The van der Waals surface area contributed by atoms with E-state index >= 15 is 0 Å². The normalized spacial score (nSPS) is 19.6. The number of carbonyl (C=O) groups is 4. The van der Waals surface area contributed by atoms with Gasteiger partial charge in [-0.05, 0) is 44.7 Å². The molecule has 0 aromatic heterocycles. The topological polar surface area (TPSA) is 157 Å². The number of nitrogens with one attached hydrogen (secondary N) is 4. The van der Waals surface area contributed by atoms with Crippen LogP contribution in [0.1, 0.15) is 26.2 Å². The van der Waals surface area contributed by atoms with Crippen LogP contribution < -0.4 is 21.3 Å². The third-order valence-electron chi connectivity index (χ3n) is 4.11. The first-order valence-electron chi connectivity index (χ1n) is 8.77. The molecule has 1 aliphatic rings. The van der Waals surface area contributed by atoms with Crippen LogP contribution in [0.3, 0.4) is 0 Å². The van der Waals surface area contributed by atoms with Gasteiger partial charge in [0, 0.05) is 0 Å². The van der Waals surface area contributed by atoms with Crippen LogP contribution in [0.25, 0.3) is 0 Å². The van der Waals surface area contributed by atoms with Gasteiger partial charge in [-0.25, -0.2) is 4.79 Å². The quantitative estimate of drug-likeness (QED) is 0.232. The van der Waals surface area contributed by atoms with Crippen LogP contribution in [0.5, 0.6) is 0 Å². The van der Waals surface area contributed by atoms with E-state index in [1.54, 1.807) is 0 Å². The monoisotopic (exact) mass is 404 g/mol. The lowest BCUT2D eigenvalue weighted by Crippen LogP contribution is -2.57. The van der Waals surface area contributed by atoms with Gasteiger partial charge in [0.05, 0.1) is 18.7 Å². The lowest BCUT2D eigenvalue weighted by molar-refractivity contribution is -0.141. The molecule has 3 amide bonds. The van der Waals surface area contributed by atoms with Crippen molar-refractivity contribution in [2.24, 2.45) is 0 Å². The predicted octanol–water partition coefficient (Wildman–Crippen LogP) is -1.96. The Morgan fingerprint density at radius 1 is 1.26 bits per heavy atom. The third-order valence-corrected chi connectivity index (χ3v) is 4.75. The zero-order valence-electron chi connectivity index (χ0n) is 15.5. The summed E-state index contributed by atoms with van der Waals surface area (Å²) in [7, 11) is 0. The lowest BCUT2D eigenvalue weighted by atomic mass is 10.1. The number of amides is 3. The number of carbonyl (C=O) groups excluding carboxylic acids is 3. The van der Waals surface area contributed by atoms with E-state index in [-0.39, 0.29) is 12.3 Å². The van der Waals surface area contributed by atoms with Crippen LogP contribution in [0, 0.1) is 0 Å². The molecular formula is C16H28N4O6S. The van der Waals surface area contributed by atoms with E-state index < -0.39 is 48.6 Å².